The number of nitrogen functional groups attached to an aromatic ring is 1. The minimum Gasteiger partial charge on any atom is -0.383 e. The topological polar surface area (TPSA) is 92.1 Å². The Bertz CT molecular complexity index is 1020. The zero-order chi connectivity index (χ0) is 18.8. The molecule has 0 unspecified atom stereocenters. The van der Waals surface area contributed by atoms with Gasteiger partial charge in [0.1, 0.15) is 5.82 Å². The third kappa shape index (κ3) is 3.59. The average Bonchev–Trinajstić information content (AvgIpc) is 2.82. The standard InChI is InChI=1S/C20H18N4O2S/c21-17-11-18(25)23-20(22-17)27-12-19(26)24-15-7-3-1-5-13(15)9-10-14-6-2-4-8-16(14)24/h1-8,11H,9-10,12H2,(H3,21,22,23,25). The van der Waals surface area contributed by atoms with Gasteiger partial charge in [0, 0.05) is 6.07 Å². The summed E-state index contributed by atoms with van der Waals surface area (Å²) in [4.78, 5) is 33.2. The molecule has 136 valence electrons. The van der Waals surface area contributed by atoms with E-state index in [2.05, 4.69) is 22.1 Å². The molecule has 3 aromatic rings. The predicted molar refractivity (Wildman–Crippen MR) is 107 cm³/mol. The number of rotatable bonds is 3. The quantitative estimate of drug-likeness (QED) is 0.540. The molecule has 27 heavy (non-hydrogen) atoms. The van der Waals surface area contributed by atoms with E-state index < -0.39 is 0 Å². The number of fused-ring (bicyclic) bond motifs is 2. The number of H-pyrrole nitrogens is 1. The first-order valence-electron chi connectivity index (χ1n) is 8.60. The molecule has 4 rings (SSSR count). The van der Waals surface area contributed by atoms with Gasteiger partial charge < -0.3 is 10.7 Å². The number of nitrogens with zero attached hydrogens (tertiary/aromatic N) is 2. The smallest absolute Gasteiger partial charge is 0.253 e. The fourth-order valence-electron chi connectivity index (χ4n) is 3.26. The van der Waals surface area contributed by atoms with Crippen LogP contribution >= 0.6 is 11.8 Å². The highest BCUT2D eigenvalue weighted by atomic mass is 32.2. The fraction of sp³-hybridized carbons (Fsp3) is 0.150. The van der Waals surface area contributed by atoms with Crippen LogP contribution in [0.4, 0.5) is 17.2 Å². The molecule has 2 aromatic carbocycles. The largest absolute Gasteiger partial charge is 0.383 e. The zero-order valence-electron chi connectivity index (χ0n) is 14.5. The Balaban J connectivity index is 1.67. The molecule has 0 fully saturated rings. The van der Waals surface area contributed by atoms with E-state index >= 15 is 0 Å². The van der Waals surface area contributed by atoms with Gasteiger partial charge in [-0.25, -0.2) is 4.98 Å². The summed E-state index contributed by atoms with van der Waals surface area (Å²) < 4.78 is 0. The van der Waals surface area contributed by atoms with E-state index in [1.54, 1.807) is 4.90 Å². The molecular formula is C20H18N4O2S. The second kappa shape index (κ2) is 7.28. The number of aromatic amines is 1. The first-order chi connectivity index (χ1) is 13.1. The lowest BCUT2D eigenvalue weighted by Crippen LogP contribution is -2.28. The van der Waals surface area contributed by atoms with E-state index in [9.17, 15) is 9.59 Å². The van der Waals surface area contributed by atoms with Crippen molar-refractivity contribution in [3.05, 3.63) is 76.1 Å². The van der Waals surface area contributed by atoms with E-state index in [1.807, 2.05) is 36.4 Å². The molecule has 0 saturated heterocycles. The van der Waals surface area contributed by atoms with Gasteiger partial charge >= 0.3 is 0 Å². The summed E-state index contributed by atoms with van der Waals surface area (Å²) in [7, 11) is 0. The third-order valence-corrected chi connectivity index (χ3v) is 5.31. The first-order valence-corrected chi connectivity index (χ1v) is 9.59. The molecule has 1 amide bonds. The summed E-state index contributed by atoms with van der Waals surface area (Å²) in [6.45, 7) is 0. The maximum atomic E-state index is 13.2. The second-order valence-corrected chi connectivity index (χ2v) is 7.21. The lowest BCUT2D eigenvalue weighted by atomic mass is 10.0. The zero-order valence-corrected chi connectivity index (χ0v) is 15.3. The number of para-hydroxylation sites is 2. The summed E-state index contributed by atoms with van der Waals surface area (Å²) in [6, 6.07) is 17.2. The van der Waals surface area contributed by atoms with E-state index in [1.165, 1.54) is 17.8 Å². The number of amides is 1. The molecule has 2 heterocycles. The van der Waals surface area contributed by atoms with Crippen LogP contribution in [0.3, 0.4) is 0 Å². The van der Waals surface area contributed by atoms with Crippen LogP contribution in [-0.4, -0.2) is 21.6 Å². The average molecular weight is 378 g/mol. The number of nitrogens with two attached hydrogens (primary N) is 1. The summed E-state index contributed by atoms with van der Waals surface area (Å²) >= 11 is 1.17. The van der Waals surface area contributed by atoms with Gasteiger partial charge in [0.05, 0.1) is 17.1 Å². The number of aryl methyl sites for hydroxylation is 2. The van der Waals surface area contributed by atoms with E-state index in [0.29, 0.717) is 5.16 Å². The third-order valence-electron chi connectivity index (χ3n) is 4.45. The van der Waals surface area contributed by atoms with Crippen LogP contribution in [0.1, 0.15) is 11.1 Å². The van der Waals surface area contributed by atoms with Crippen molar-refractivity contribution < 1.29 is 4.79 Å². The molecule has 6 nitrogen and oxygen atoms in total. The number of carbonyl (C=O) groups is 1. The highest BCUT2D eigenvalue weighted by Gasteiger charge is 2.25. The number of benzene rings is 2. The predicted octanol–water partition coefficient (Wildman–Crippen LogP) is 2.91. The van der Waals surface area contributed by atoms with Gasteiger partial charge in [-0.05, 0) is 36.1 Å². The van der Waals surface area contributed by atoms with Crippen LogP contribution in [0.25, 0.3) is 0 Å². The Hall–Kier alpha value is -3.06. The molecule has 0 bridgehead atoms. The molecule has 1 aliphatic rings. The molecule has 0 atom stereocenters. The highest BCUT2D eigenvalue weighted by molar-refractivity contribution is 7.99. The van der Waals surface area contributed by atoms with Crippen LogP contribution in [-0.2, 0) is 17.6 Å². The number of thioether (sulfide) groups is 1. The second-order valence-electron chi connectivity index (χ2n) is 6.25. The molecule has 7 heteroatoms. The molecule has 1 aromatic heterocycles. The maximum absolute atomic E-state index is 13.2. The Morgan fingerprint density at radius 2 is 1.67 bits per heavy atom. The van der Waals surface area contributed by atoms with Gasteiger partial charge in [0.25, 0.3) is 5.56 Å². The van der Waals surface area contributed by atoms with Crippen molar-refractivity contribution in [3.8, 4) is 0 Å². The Morgan fingerprint density at radius 1 is 1.07 bits per heavy atom. The van der Waals surface area contributed by atoms with E-state index in [4.69, 9.17) is 5.73 Å². The highest BCUT2D eigenvalue weighted by Crippen LogP contribution is 2.36. The molecule has 3 N–H and O–H groups in total. The minimum absolute atomic E-state index is 0.0770. The van der Waals surface area contributed by atoms with E-state index in [0.717, 1.165) is 35.3 Å². The molecular weight excluding hydrogens is 360 g/mol. The molecule has 0 spiro atoms. The van der Waals surface area contributed by atoms with Gasteiger partial charge in [0.2, 0.25) is 5.91 Å². The minimum atomic E-state index is -0.331. The van der Waals surface area contributed by atoms with E-state index in [-0.39, 0.29) is 23.0 Å². The molecule has 0 saturated carbocycles. The number of hydrogen-bond acceptors (Lipinski definition) is 5. The summed E-state index contributed by atoms with van der Waals surface area (Å²) in [5, 5.41) is 0.338. The van der Waals surface area contributed by atoms with Crippen molar-refractivity contribution in [1.82, 2.24) is 9.97 Å². The number of nitrogens with one attached hydrogen (secondary N) is 1. The lowest BCUT2D eigenvalue weighted by molar-refractivity contribution is -0.115. The molecule has 0 aliphatic carbocycles. The van der Waals surface area contributed by atoms with Crippen molar-refractivity contribution >= 4 is 34.9 Å². The van der Waals surface area contributed by atoms with Gasteiger partial charge in [-0.15, -0.1) is 0 Å². The van der Waals surface area contributed by atoms with Crippen molar-refractivity contribution in [2.45, 2.75) is 18.0 Å². The van der Waals surface area contributed by atoms with Crippen LogP contribution in [0, 0.1) is 0 Å². The maximum Gasteiger partial charge on any atom is 0.253 e. The molecule has 0 radical (unpaired) electrons. The van der Waals surface area contributed by atoms with Crippen LogP contribution < -0.4 is 16.2 Å². The van der Waals surface area contributed by atoms with Gasteiger partial charge in [-0.3, -0.25) is 14.5 Å². The lowest BCUT2D eigenvalue weighted by Gasteiger charge is -2.24. The van der Waals surface area contributed by atoms with Crippen LogP contribution in [0.2, 0.25) is 0 Å². The fourth-order valence-corrected chi connectivity index (χ4v) is 4.00. The van der Waals surface area contributed by atoms with Crippen molar-refractivity contribution in [2.75, 3.05) is 16.4 Å². The van der Waals surface area contributed by atoms with Gasteiger partial charge in [-0.1, -0.05) is 48.2 Å². The SMILES string of the molecule is Nc1cc(=O)[nH]c(SCC(=O)N2c3ccccc3CCc3ccccc32)n1. The van der Waals surface area contributed by atoms with Crippen molar-refractivity contribution in [3.63, 3.8) is 0 Å². The number of carbonyl (C=O) groups excluding carboxylic acids is 1. The Kier molecular flexibility index (Phi) is 4.68. The summed E-state index contributed by atoms with van der Waals surface area (Å²) in [6.07, 6.45) is 1.77. The molecule has 1 aliphatic heterocycles. The summed E-state index contributed by atoms with van der Waals surface area (Å²) in [5.41, 5.74) is 9.38. The van der Waals surface area contributed by atoms with Crippen LogP contribution in [0.15, 0.2) is 64.5 Å². The van der Waals surface area contributed by atoms with Crippen LogP contribution in [0.5, 0.6) is 0 Å². The number of aromatic nitrogens is 2. The summed E-state index contributed by atoms with van der Waals surface area (Å²) in [5.74, 6) is 0.195. The number of hydrogen-bond donors (Lipinski definition) is 2. The number of anilines is 3. The Labute approximate surface area is 160 Å². The van der Waals surface area contributed by atoms with Crippen molar-refractivity contribution in [1.29, 1.82) is 0 Å². The Morgan fingerprint density at radius 3 is 2.26 bits per heavy atom. The normalized spacial score (nSPS) is 12.8. The first kappa shape index (κ1) is 17.4. The van der Waals surface area contributed by atoms with Crippen molar-refractivity contribution in [2.24, 2.45) is 0 Å². The van der Waals surface area contributed by atoms with Gasteiger partial charge in [-0.2, -0.15) is 0 Å². The van der Waals surface area contributed by atoms with Gasteiger partial charge in [0.15, 0.2) is 5.16 Å². The monoisotopic (exact) mass is 378 g/mol.